The number of methoxy groups -OCH3 is 2. The van der Waals surface area contributed by atoms with Gasteiger partial charge in [0, 0.05) is 32.2 Å². The number of sulfonamides is 1. The fourth-order valence-corrected chi connectivity index (χ4v) is 4.96. The molecule has 15 heteroatoms. The number of nitrogens with zero attached hydrogens (tertiary/aromatic N) is 7. The van der Waals surface area contributed by atoms with E-state index in [-0.39, 0.29) is 24.2 Å². The lowest BCUT2D eigenvalue weighted by molar-refractivity contribution is 0.0558. The van der Waals surface area contributed by atoms with Crippen LogP contribution in [-0.4, -0.2) is 69.0 Å². The average Bonchev–Trinajstić information content (AvgIpc) is 3.52. The van der Waals surface area contributed by atoms with E-state index in [0.717, 1.165) is 0 Å². The van der Waals surface area contributed by atoms with Gasteiger partial charge in [-0.1, -0.05) is 17.7 Å². The molecular weight excluding hydrogens is 536 g/mol. The predicted octanol–water partition coefficient (Wildman–Crippen LogP) is 3.04. The quantitative estimate of drug-likeness (QED) is 0.289. The number of anilines is 1. The summed E-state index contributed by atoms with van der Waals surface area (Å²) in [5, 5.41) is 12.0. The van der Waals surface area contributed by atoms with Gasteiger partial charge >= 0.3 is 0 Å². The van der Waals surface area contributed by atoms with Crippen molar-refractivity contribution in [2.75, 3.05) is 25.5 Å². The zero-order valence-corrected chi connectivity index (χ0v) is 22.9. The summed E-state index contributed by atoms with van der Waals surface area (Å²) >= 11 is 5.91. The van der Waals surface area contributed by atoms with Gasteiger partial charge in [-0.05, 0) is 32.0 Å². The molecule has 0 fully saturated rings. The summed E-state index contributed by atoms with van der Waals surface area (Å²) in [7, 11) is 0.599. The summed E-state index contributed by atoms with van der Waals surface area (Å²) in [6.07, 6.45) is 3.51. The third kappa shape index (κ3) is 5.42. The van der Waals surface area contributed by atoms with Gasteiger partial charge in [0.1, 0.15) is 34.2 Å². The zero-order chi connectivity index (χ0) is 27.4. The van der Waals surface area contributed by atoms with Gasteiger partial charge < -0.3 is 14.2 Å². The molecule has 1 N–H and O–H groups in total. The minimum Gasteiger partial charge on any atom is -0.494 e. The number of hydrogen-bond acceptors (Lipinski definition) is 10. The molecule has 2 atom stereocenters. The molecule has 0 radical (unpaired) electrons. The van der Waals surface area contributed by atoms with Crippen LogP contribution in [0.2, 0.25) is 5.02 Å². The highest BCUT2D eigenvalue weighted by Crippen LogP contribution is 2.37. The van der Waals surface area contributed by atoms with Crippen LogP contribution in [0.5, 0.6) is 11.5 Å². The van der Waals surface area contributed by atoms with Crippen molar-refractivity contribution in [1.29, 1.82) is 0 Å². The van der Waals surface area contributed by atoms with Gasteiger partial charge in [-0.2, -0.15) is 5.10 Å². The highest BCUT2D eigenvalue weighted by molar-refractivity contribution is 7.93. The summed E-state index contributed by atoms with van der Waals surface area (Å²) in [6, 6.07) is 6.90. The number of ether oxygens (including phenoxy) is 3. The maximum absolute atomic E-state index is 13.7. The Morgan fingerprint density at radius 1 is 1.08 bits per heavy atom. The lowest BCUT2D eigenvalue weighted by atomic mass is 10.2. The summed E-state index contributed by atoms with van der Waals surface area (Å²) in [5.41, 5.74) is 0.837. The van der Waals surface area contributed by atoms with Crippen molar-refractivity contribution in [3.05, 3.63) is 53.7 Å². The first kappa shape index (κ1) is 27.3. The average molecular weight is 563 g/mol. The number of para-hydroxylation sites is 1. The van der Waals surface area contributed by atoms with Crippen molar-refractivity contribution in [3.8, 4) is 28.7 Å². The SMILES string of the molecule is CCO[C@@H](c1ncc(Cl)cn1)C(C)S(=O)(=O)Nc1nnc(-c2ccn(C)n2)n1-c1c(OC)cccc1OC. The van der Waals surface area contributed by atoms with Crippen LogP contribution >= 0.6 is 11.6 Å². The molecule has 3 aromatic heterocycles. The number of aryl methyl sites for hydroxylation is 1. The summed E-state index contributed by atoms with van der Waals surface area (Å²) in [5.74, 6) is 1.14. The van der Waals surface area contributed by atoms with Crippen LogP contribution < -0.4 is 14.2 Å². The van der Waals surface area contributed by atoms with Crippen LogP contribution in [0.3, 0.4) is 0 Å². The normalized spacial score (nSPS) is 13.2. The molecule has 0 saturated heterocycles. The molecule has 0 amide bonds. The highest BCUT2D eigenvalue weighted by atomic mass is 35.5. The Labute approximate surface area is 224 Å². The Morgan fingerprint density at radius 2 is 1.74 bits per heavy atom. The third-order valence-corrected chi connectivity index (χ3v) is 7.51. The molecule has 0 bridgehead atoms. The first-order valence-electron chi connectivity index (χ1n) is 11.5. The molecule has 202 valence electrons. The molecule has 0 saturated carbocycles. The van der Waals surface area contributed by atoms with Gasteiger partial charge in [0.25, 0.3) is 0 Å². The van der Waals surface area contributed by atoms with Gasteiger partial charge in [-0.3, -0.25) is 14.0 Å². The van der Waals surface area contributed by atoms with Crippen molar-refractivity contribution in [3.63, 3.8) is 0 Å². The Hall–Kier alpha value is -3.75. The van der Waals surface area contributed by atoms with E-state index < -0.39 is 21.4 Å². The van der Waals surface area contributed by atoms with E-state index in [9.17, 15) is 8.42 Å². The molecule has 4 rings (SSSR count). The Balaban J connectivity index is 1.82. The van der Waals surface area contributed by atoms with E-state index in [0.29, 0.717) is 27.9 Å². The van der Waals surface area contributed by atoms with Crippen LogP contribution in [0.25, 0.3) is 17.2 Å². The molecule has 0 aliphatic heterocycles. The van der Waals surface area contributed by atoms with E-state index in [1.54, 1.807) is 49.1 Å². The smallest absolute Gasteiger partial charge is 0.243 e. The molecule has 38 heavy (non-hydrogen) atoms. The molecule has 1 aromatic carbocycles. The number of rotatable bonds is 11. The molecule has 4 aromatic rings. The van der Waals surface area contributed by atoms with Crippen molar-refractivity contribution in [2.45, 2.75) is 25.2 Å². The minimum atomic E-state index is -4.14. The monoisotopic (exact) mass is 562 g/mol. The maximum Gasteiger partial charge on any atom is 0.243 e. The number of halogens is 1. The highest BCUT2D eigenvalue weighted by Gasteiger charge is 2.35. The number of aromatic nitrogens is 7. The van der Waals surface area contributed by atoms with Crippen molar-refractivity contribution in [2.24, 2.45) is 7.05 Å². The first-order chi connectivity index (χ1) is 18.2. The first-order valence-corrected chi connectivity index (χ1v) is 13.4. The van der Waals surface area contributed by atoms with Gasteiger partial charge in [0.05, 0.1) is 19.2 Å². The topological polar surface area (TPSA) is 148 Å². The second-order valence-electron chi connectivity index (χ2n) is 8.06. The molecule has 3 heterocycles. The van der Waals surface area contributed by atoms with Crippen LogP contribution in [0.4, 0.5) is 5.95 Å². The van der Waals surface area contributed by atoms with E-state index in [1.807, 2.05) is 0 Å². The summed E-state index contributed by atoms with van der Waals surface area (Å²) in [4.78, 5) is 8.32. The standard InChI is InChI=1S/C23H27ClN8O5S/c1-6-37-20(21-25-12-15(24)13-26-21)14(2)38(33,34)30-23-28-27-22(16-10-11-31(3)29-16)32(23)19-17(35-4)8-7-9-18(19)36-5/h7-14,20H,6H2,1-5H3,(H,28,30)/t14?,20-/m1/s1. The van der Waals surface area contributed by atoms with E-state index >= 15 is 0 Å². The number of hydrogen-bond donors (Lipinski definition) is 1. The van der Waals surface area contributed by atoms with Crippen molar-refractivity contribution in [1.82, 2.24) is 34.5 Å². The third-order valence-electron chi connectivity index (χ3n) is 5.62. The Bertz CT molecular complexity index is 1480. The molecule has 1 unspecified atom stereocenters. The minimum absolute atomic E-state index is 0.104. The van der Waals surface area contributed by atoms with Crippen molar-refractivity contribution < 1.29 is 22.6 Å². The predicted molar refractivity (Wildman–Crippen MR) is 140 cm³/mol. The van der Waals surface area contributed by atoms with Crippen molar-refractivity contribution >= 4 is 27.6 Å². The fourth-order valence-electron chi connectivity index (χ4n) is 3.77. The largest absolute Gasteiger partial charge is 0.494 e. The zero-order valence-electron chi connectivity index (χ0n) is 21.4. The fraction of sp³-hybridized carbons (Fsp3) is 0.348. The summed E-state index contributed by atoms with van der Waals surface area (Å²) < 4.78 is 49.8. The number of nitrogens with one attached hydrogen (secondary N) is 1. The second kappa shape index (κ2) is 11.3. The van der Waals surface area contributed by atoms with Gasteiger partial charge in [-0.15, -0.1) is 10.2 Å². The molecule has 13 nitrogen and oxygen atoms in total. The van der Waals surface area contributed by atoms with E-state index in [2.05, 4.69) is 30.0 Å². The second-order valence-corrected chi connectivity index (χ2v) is 10.5. The van der Waals surface area contributed by atoms with Crippen LogP contribution in [0.1, 0.15) is 25.8 Å². The Morgan fingerprint density at radius 3 is 2.29 bits per heavy atom. The van der Waals surface area contributed by atoms with Gasteiger partial charge in [0.15, 0.2) is 11.6 Å². The van der Waals surface area contributed by atoms with Crippen LogP contribution in [-0.2, 0) is 21.8 Å². The van der Waals surface area contributed by atoms with Crippen LogP contribution in [0.15, 0.2) is 42.9 Å². The summed E-state index contributed by atoms with van der Waals surface area (Å²) in [6.45, 7) is 3.47. The van der Waals surface area contributed by atoms with E-state index in [1.165, 1.54) is 38.1 Å². The number of benzene rings is 1. The Kier molecular flexibility index (Phi) is 8.14. The lowest BCUT2D eigenvalue weighted by Crippen LogP contribution is -2.34. The maximum atomic E-state index is 13.7. The van der Waals surface area contributed by atoms with Crippen LogP contribution in [0, 0.1) is 0 Å². The molecule has 0 aliphatic rings. The van der Waals surface area contributed by atoms with E-state index in [4.69, 9.17) is 25.8 Å². The molecular formula is C23H27ClN8O5S. The molecule has 0 spiro atoms. The molecule has 0 aliphatic carbocycles. The van der Waals surface area contributed by atoms with Gasteiger partial charge in [-0.25, -0.2) is 18.4 Å². The van der Waals surface area contributed by atoms with Gasteiger partial charge in [0.2, 0.25) is 16.0 Å². The lowest BCUT2D eigenvalue weighted by Gasteiger charge is -2.23.